The fourth-order valence-electron chi connectivity index (χ4n) is 3.21. The molecule has 1 unspecified atom stereocenters. The lowest BCUT2D eigenvalue weighted by atomic mass is 10.0. The van der Waals surface area contributed by atoms with Gasteiger partial charge in [0.15, 0.2) is 0 Å². The number of nitrogens with zero attached hydrogens (tertiary/aromatic N) is 2. The van der Waals surface area contributed by atoms with Crippen molar-refractivity contribution in [2.75, 3.05) is 38.5 Å². The fraction of sp³-hybridized carbons (Fsp3) is 0.368. The van der Waals surface area contributed by atoms with Gasteiger partial charge in [-0.15, -0.1) is 11.3 Å². The molecule has 2 heterocycles. The SMILES string of the molecule is CN1CCN(CCC(=O)Nc2ccsc2C(=O)O)CC1c1ccccc1. The van der Waals surface area contributed by atoms with Crippen LogP contribution in [-0.4, -0.2) is 60.0 Å². The Morgan fingerprint density at radius 2 is 2.00 bits per heavy atom. The Balaban J connectivity index is 1.53. The Morgan fingerprint density at radius 3 is 2.73 bits per heavy atom. The summed E-state index contributed by atoms with van der Waals surface area (Å²) in [5.74, 6) is -1.17. The predicted octanol–water partition coefficient (Wildman–Crippen LogP) is 2.76. The molecule has 1 aromatic carbocycles. The van der Waals surface area contributed by atoms with Crippen molar-refractivity contribution in [3.63, 3.8) is 0 Å². The molecule has 1 aliphatic rings. The van der Waals surface area contributed by atoms with Gasteiger partial charge in [-0.05, 0) is 24.1 Å². The lowest BCUT2D eigenvalue weighted by molar-refractivity contribution is -0.116. The van der Waals surface area contributed by atoms with E-state index in [0.717, 1.165) is 31.0 Å². The monoisotopic (exact) mass is 373 g/mol. The van der Waals surface area contributed by atoms with Gasteiger partial charge in [-0.2, -0.15) is 0 Å². The first kappa shape index (κ1) is 18.6. The molecule has 0 aliphatic carbocycles. The molecule has 7 heteroatoms. The van der Waals surface area contributed by atoms with Crippen molar-refractivity contribution in [2.24, 2.45) is 0 Å². The van der Waals surface area contributed by atoms with Gasteiger partial charge in [0.25, 0.3) is 0 Å². The molecule has 1 aromatic heterocycles. The van der Waals surface area contributed by atoms with Crippen LogP contribution in [0.1, 0.15) is 27.7 Å². The van der Waals surface area contributed by atoms with Crippen molar-refractivity contribution in [3.8, 4) is 0 Å². The number of thiophene rings is 1. The zero-order valence-electron chi connectivity index (χ0n) is 14.7. The van der Waals surface area contributed by atoms with E-state index in [0.29, 0.717) is 24.7 Å². The van der Waals surface area contributed by atoms with E-state index in [9.17, 15) is 9.59 Å². The molecule has 26 heavy (non-hydrogen) atoms. The van der Waals surface area contributed by atoms with Crippen LogP contribution in [0.15, 0.2) is 41.8 Å². The highest BCUT2D eigenvalue weighted by Gasteiger charge is 2.25. The summed E-state index contributed by atoms with van der Waals surface area (Å²) in [5.41, 5.74) is 1.67. The molecule has 1 saturated heterocycles. The van der Waals surface area contributed by atoms with Gasteiger partial charge in [0.2, 0.25) is 5.91 Å². The van der Waals surface area contributed by atoms with Crippen molar-refractivity contribution in [2.45, 2.75) is 12.5 Å². The highest BCUT2D eigenvalue weighted by Crippen LogP contribution is 2.24. The molecule has 0 saturated carbocycles. The number of anilines is 1. The van der Waals surface area contributed by atoms with E-state index in [2.05, 4.69) is 46.4 Å². The Bertz CT molecular complexity index is 762. The summed E-state index contributed by atoms with van der Waals surface area (Å²) in [5, 5.41) is 13.5. The predicted molar refractivity (Wildman–Crippen MR) is 103 cm³/mol. The van der Waals surface area contributed by atoms with Crippen LogP contribution in [0.5, 0.6) is 0 Å². The number of likely N-dealkylation sites (N-methyl/N-ethyl adjacent to an activating group) is 1. The van der Waals surface area contributed by atoms with Crippen LogP contribution < -0.4 is 5.32 Å². The Kier molecular flexibility index (Phi) is 6.03. The number of benzene rings is 1. The van der Waals surface area contributed by atoms with Crippen molar-refractivity contribution in [1.82, 2.24) is 9.80 Å². The number of carboxylic acid groups (broad SMARTS) is 1. The van der Waals surface area contributed by atoms with Crippen LogP contribution in [-0.2, 0) is 4.79 Å². The average Bonchev–Trinajstić information content (AvgIpc) is 3.10. The molecule has 1 aliphatic heterocycles. The number of hydrogen-bond donors (Lipinski definition) is 2. The number of nitrogens with one attached hydrogen (secondary N) is 1. The summed E-state index contributed by atoms with van der Waals surface area (Å²) in [7, 11) is 2.13. The minimum atomic E-state index is -1.01. The summed E-state index contributed by atoms with van der Waals surface area (Å²) < 4.78 is 0. The third-order valence-electron chi connectivity index (χ3n) is 4.71. The molecule has 0 spiro atoms. The Morgan fingerprint density at radius 1 is 1.23 bits per heavy atom. The maximum Gasteiger partial charge on any atom is 0.348 e. The van der Waals surface area contributed by atoms with E-state index < -0.39 is 5.97 Å². The fourth-order valence-corrected chi connectivity index (χ4v) is 3.90. The van der Waals surface area contributed by atoms with Crippen LogP contribution in [0.3, 0.4) is 0 Å². The third-order valence-corrected chi connectivity index (χ3v) is 5.61. The summed E-state index contributed by atoms with van der Waals surface area (Å²) in [6.07, 6.45) is 0.347. The van der Waals surface area contributed by atoms with E-state index in [-0.39, 0.29) is 10.8 Å². The van der Waals surface area contributed by atoms with Crippen molar-refractivity contribution in [3.05, 3.63) is 52.2 Å². The van der Waals surface area contributed by atoms with E-state index in [1.807, 2.05) is 6.07 Å². The minimum absolute atomic E-state index is 0.152. The number of carbonyl (C=O) groups is 2. The van der Waals surface area contributed by atoms with Gasteiger partial charge < -0.3 is 10.4 Å². The van der Waals surface area contributed by atoms with Crippen LogP contribution in [0.4, 0.5) is 5.69 Å². The number of rotatable bonds is 6. The lowest BCUT2D eigenvalue weighted by Crippen LogP contribution is -2.47. The molecule has 2 aromatic rings. The van der Waals surface area contributed by atoms with Gasteiger partial charge >= 0.3 is 5.97 Å². The van der Waals surface area contributed by atoms with Gasteiger partial charge in [-0.1, -0.05) is 30.3 Å². The second-order valence-corrected chi connectivity index (χ2v) is 7.39. The number of aromatic carboxylic acids is 1. The molecule has 1 amide bonds. The van der Waals surface area contributed by atoms with E-state index in [4.69, 9.17) is 5.11 Å². The maximum atomic E-state index is 12.2. The Hall–Kier alpha value is -2.22. The first-order valence-electron chi connectivity index (χ1n) is 8.63. The molecule has 0 bridgehead atoms. The van der Waals surface area contributed by atoms with Gasteiger partial charge in [-0.3, -0.25) is 14.6 Å². The number of carboxylic acids is 1. The number of piperazine rings is 1. The molecule has 6 nitrogen and oxygen atoms in total. The molecule has 1 fully saturated rings. The number of amides is 1. The van der Waals surface area contributed by atoms with E-state index >= 15 is 0 Å². The van der Waals surface area contributed by atoms with Crippen molar-refractivity contribution >= 4 is 28.9 Å². The third kappa shape index (κ3) is 4.49. The van der Waals surface area contributed by atoms with Crippen LogP contribution in [0.2, 0.25) is 0 Å². The smallest absolute Gasteiger partial charge is 0.348 e. The lowest BCUT2D eigenvalue weighted by Gasteiger charge is -2.39. The topological polar surface area (TPSA) is 72.9 Å². The first-order valence-corrected chi connectivity index (χ1v) is 9.50. The average molecular weight is 373 g/mol. The van der Waals surface area contributed by atoms with Crippen molar-refractivity contribution in [1.29, 1.82) is 0 Å². The molecule has 1 atom stereocenters. The first-order chi connectivity index (χ1) is 12.5. The summed E-state index contributed by atoms with van der Waals surface area (Å²) in [6.45, 7) is 3.42. The zero-order valence-corrected chi connectivity index (χ0v) is 15.5. The van der Waals surface area contributed by atoms with Gasteiger partial charge in [0.1, 0.15) is 4.88 Å². The standard InChI is InChI=1S/C19H23N3O3S/c1-21-10-11-22(13-16(21)14-5-3-2-4-6-14)9-7-17(23)20-15-8-12-26-18(15)19(24)25/h2-6,8,12,16H,7,9-11,13H2,1H3,(H,20,23)(H,24,25). The van der Waals surface area contributed by atoms with Crippen LogP contribution in [0.25, 0.3) is 0 Å². The van der Waals surface area contributed by atoms with Crippen molar-refractivity contribution < 1.29 is 14.7 Å². The molecule has 138 valence electrons. The van der Waals surface area contributed by atoms with Gasteiger partial charge in [-0.25, -0.2) is 4.79 Å². The normalized spacial score (nSPS) is 18.6. The number of carbonyl (C=O) groups excluding carboxylic acids is 1. The van der Waals surface area contributed by atoms with Gasteiger partial charge in [0, 0.05) is 38.6 Å². The van der Waals surface area contributed by atoms with E-state index in [1.54, 1.807) is 11.4 Å². The highest BCUT2D eigenvalue weighted by atomic mass is 32.1. The molecule has 2 N–H and O–H groups in total. The number of hydrogen-bond acceptors (Lipinski definition) is 5. The summed E-state index contributed by atoms with van der Waals surface area (Å²) in [6, 6.07) is 12.4. The largest absolute Gasteiger partial charge is 0.477 e. The highest BCUT2D eigenvalue weighted by molar-refractivity contribution is 7.12. The van der Waals surface area contributed by atoms with Crippen LogP contribution in [0, 0.1) is 0 Å². The summed E-state index contributed by atoms with van der Waals surface area (Å²) in [4.78, 5) is 28.1. The molecule has 3 rings (SSSR count). The van der Waals surface area contributed by atoms with Gasteiger partial charge in [0.05, 0.1) is 5.69 Å². The van der Waals surface area contributed by atoms with Crippen LogP contribution >= 0.6 is 11.3 Å². The quantitative estimate of drug-likeness (QED) is 0.815. The maximum absolute atomic E-state index is 12.2. The second-order valence-electron chi connectivity index (χ2n) is 6.47. The minimum Gasteiger partial charge on any atom is -0.477 e. The summed E-state index contributed by atoms with van der Waals surface area (Å²) >= 11 is 1.11. The Labute approximate surface area is 157 Å². The second kappa shape index (κ2) is 8.44. The van der Waals surface area contributed by atoms with E-state index in [1.165, 1.54) is 5.56 Å². The molecular formula is C19H23N3O3S. The molecular weight excluding hydrogens is 350 g/mol. The zero-order chi connectivity index (χ0) is 18.5. The molecule has 0 radical (unpaired) electrons.